The molecule has 1 atom stereocenters. The van der Waals surface area contributed by atoms with Gasteiger partial charge in [-0.05, 0) is 18.9 Å². The van der Waals surface area contributed by atoms with Crippen molar-refractivity contribution in [3.63, 3.8) is 0 Å². The highest BCUT2D eigenvalue weighted by Crippen LogP contribution is 2.12. The minimum atomic E-state index is -0.164. The van der Waals surface area contributed by atoms with Gasteiger partial charge in [-0.2, -0.15) is 0 Å². The molecule has 0 radical (unpaired) electrons. The van der Waals surface area contributed by atoms with Crippen molar-refractivity contribution in [2.24, 2.45) is 0 Å². The molecule has 1 aromatic rings. The Hall–Kier alpha value is -0.900. The molecule has 0 amide bonds. The normalized spacial score (nSPS) is 13.2. The van der Waals surface area contributed by atoms with Crippen LogP contribution in [0.4, 0.5) is 0 Å². The van der Waals surface area contributed by atoms with Gasteiger partial charge >= 0.3 is 0 Å². The molecule has 0 spiro atoms. The molecular weight excluding hydrogens is 226 g/mol. The molecule has 3 heteroatoms. The number of hydrogen-bond acceptors (Lipinski definition) is 3. The average Bonchev–Trinajstić information content (AvgIpc) is 2.43. The van der Waals surface area contributed by atoms with E-state index in [1.54, 1.807) is 14.2 Å². The first-order valence-corrected chi connectivity index (χ1v) is 6.54. The summed E-state index contributed by atoms with van der Waals surface area (Å²) in [5.41, 5.74) is 1.32. The quantitative estimate of drug-likeness (QED) is 0.663. The van der Waals surface area contributed by atoms with Crippen molar-refractivity contribution in [1.29, 1.82) is 0 Å². The molecule has 1 aromatic carbocycles. The molecule has 0 N–H and O–H groups in total. The number of methoxy groups -OCH3 is 2. The summed E-state index contributed by atoms with van der Waals surface area (Å²) >= 11 is 0. The van der Waals surface area contributed by atoms with E-state index in [0.717, 1.165) is 19.5 Å². The number of nitrogens with zero attached hydrogens (tertiary/aromatic N) is 1. The Labute approximate surface area is 111 Å². The average molecular weight is 251 g/mol. The van der Waals surface area contributed by atoms with Gasteiger partial charge in [-0.1, -0.05) is 37.3 Å². The van der Waals surface area contributed by atoms with Gasteiger partial charge in [0.15, 0.2) is 6.29 Å². The molecule has 1 rings (SSSR count). The van der Waals surface area contributed by atoms with E-state index in [4.69, 9.17) is 9.47 Å². The van der Waals surface area contributed by atoms with E-state index in [2.05, 4.69) is 43.0 Å². The lowest BCUT2D eigenvalue weighted by Gasteiger charge is -2.31. The molecule has 0 saturated carbocycles. The van der Waals surface area contributed by atoms with Gasteiger partial charge in [0, 0.05) is 26.8 Å². The second-order valence-corrected chi connectivity index (χ2v) is 4.57. The first-order valence-electron chi connectivity index (χ1n) is 6.54. The van der Waals surface area contributed by atoms with Crippen LogP contribution in [-0.2, 0) is 16.0 Å². The minimum absolute atomic E-state index is 0.164. The van der Waals surface area contributed by atoms with Crippen LogP contribution in [0.3, 0.4) is 0 Å². The van der Waals surface area contributed by atoms with Crippen LogP contribution in [0.1, 0.15) is 25.8 Å². The first kappa shape index (κ1) is 15.2. The summed E-state index contributed by atoms with van der Waals surface area (Å²) in [6.45, 7) is 6.17. The third-order valence-electron chi connectivity index (χ3n) is 3.35. The van der Waals surface area contributed by atoms with Crippen molar-refractivity contribution < 1.29 is 9.47 Å². The molecule has 0 aromatic heterocycles. The summed E-state index contributed by atoms with van der Waals surface area (Å²) in [5, 5.41) is 0. The summed E-state index contributed by atoms with van der Waals surface area (Å²) in [6.07, 6.45) is 0.954. The Morgan fingerprint density at radius 2 is 1.72 bits per heavy atom. The Morgan fingerprint density at radius 3 is 2.22 bits per heavy atom. The number of benzene rings is 1. The summed E-state index contributed by atoms with van der Waals surface area (Å²) in [5.74, 6) is 0. The van der Waals surface area contributed by atoms with Crippen LogP contribution in [0.25, 0.3) is 0 Å². The highest BCUT2D eigenvalue weighted by Gasteiger charge is 2.17. The van der Waals surface area contributed by atoms with E-state index in [1.807, 2.05) is 6.07 Å². The van der Waals surface area contributed by atoms with Gasteiger partial charge < -0.3 is 9.47 Å². The number of hydrogen-bond donors (Lipinski definition) is 0. The monoisotopic (exact) mass is 251 g/mol. The molecule has 3 nitrogen and oxygen atoms in total. The topological polar surface area (TPSA) is 21.7 Å². The van der Waals surface area contributed by atoms with E-state index in [0.29, 0.717) is 6.04 Å². The predicted octanol–water partition coefficient (Wildman–Crippen LogP) is 2.91. The number of ether oxygens (including phenoxy) is 2. The maximum Gasteiger partial charge on any atom is 0.169 e. The molecule has 0 aliphatic carbocycles. The third kappa shape index (κ3) is 4.77. The molecule has 102 valence electrons. The largest absolute Gasteiger partial charge is 0.355 e. The summed E-state index contributed by atoms with van der Waals surface area (Å²) < 4.78 is 10.6. The van der Waals surface area contributed by atoms with Crippen LogP contribution >= 0.6 is 0 Å². The van der Waals surface area contributed by atoms with E-state index in [9.17, 15) is 0 Å². The molecule has 18 heavy (non-hydrogen) atoms. The standard InChI is InChI=1S/C15H25NO2/c1-5-13(2)16(12-15(17-3)18-4)11-14-9-7-6-8-10-14/h6-10,13,15H,5,11-12H2,1-4H3/t13-/m0/s1. The Balaban J connectivity index is 2.66. The first-order chi connectivity index (χ1) is 8.71. The van der Waals surface area contributed by atoms with Gasteiger partial charge in [-0.15, -0.1) is 0 Å². The second kappa shape index (κ2) is 8.25. The predicted molar refractivity (Wildman–Crippen MR) is 74.4 cm³/mol. The lowest BCUT2D eigenvalue weighted by atomic mass is 10.1. The van der Waals surface area contributed by atoms with Gasteiger partial charge in [0.1, 0.15) is 0 Å². The van der Waals surface area contributed by atoms with E-state index in [1.165, 1.54) is 5.56 Å². The van der Waals surface area contributed by atoms with Crippen LogP contribution < -0.4 is 0 Å². The maximum atomic E-state index is 5.30. The highest BCUT2D eigenvalue weighted by atomic mass is 16.7. The van der Waals surface area contributed by atoms with Crippen molar-refractivity contribution in [3.8, 4) is 0 Å². The van der Waals surface area contributed by atoms with E-state index in [-0.39, 0.29) is 6.29 Å². The van der Waals surface area contributed by atoms with E-state index < -0.39 is 0 Å². The SMILES string of the molecule is CC[C@H](C)N(Cc1ccccc1)CC(OC)OC. The van der Waals surface area contributed by atoms with Gasteiger partial charge in [-0.25, -0.2) is 0 Å². The van der Waals surface area contributed by atoms with Crippen LogP contribution in [0, 0.1) is 0 Å². The van der Waals surface area contributed by atoms with Crippen molar-refractivity contribution >= 4 is 0 Å². The van der Waals surface area contributed by atoms with Crippen molar-refractivity contribution in [2.75, 3.05) is 20.8 Å². The van der Waals surface area contributed by atoms with Crippen molar-refractivity contribution in [3.05, 3.63) is 35.9 Å². The zero-order chi connectivity index (χ0) is 13.4. The van der Waals surface area contributed by atoms with Crippen LogP contribution in [-0.4, -0.2) is 38.0 Å². The van der Waals surface area contributed by atoms with Gasteiger partial charge in [-0.3, -0.25) is 4.90 Å². The Morgan fingerprint density at radius 1 is 1.11 bits per heavy atom. The zero-order valence-corrected chi connectivity index (χ0v) is 11.9. The van der Waals surface area contributed by atoms with Crippen molar-refractivity contribution in [1.82, 2.24) is 4.90 Å². The highest BCUT2D eigenvalue weighted by molar-refractivity contribution is 5.14. The number of rotatable bonds is 8. The molecule has 0 aliphatic heterocycles. The van der Waals surface area contributed by atoms with Gasteiger partial charge in [0.2, 0.25) is 0 Å². The smallest absolute Gasteiger partial charge is 0.169 e. The summed E-state index contributed by atoms with van der Waals surface area (Å²) in [4.78, 5) is 2.40. The van der Waals surface area contributed by atoms with Crippen LogP contribution in [0.5, 0.6) is 0 Å². The fourth-order valence-electron chi connectivity index (χ4n) is 1.91. The molecule has 0 saturated heterocycles. The van der Waals surface area contributed by atoms with Crippen molar-refractivity contribution in [2.45, 2.75) is 39.1 Å². The summed E-state index contributed by atoms with van der Waals surface area (Å²) in [7, 11) is 3.37. The molecule has 0 aliphatic rings. The minimum Gasteiger partial charge on any atom is -0.355 e. The molecule has 0 fully saturated rings. The third-order valence-corrected chi connectivity index (χ3v) is 3.35. The Bertz CT molecular complexity index is 312. The Kier molecular flexibility index (Phi) is 6.94. The summed E-state index contributed by atoms with van der Waals surface area (Å²) in [6, 6.07) is 11.0. The molecule has 0 unspecified atom stereocenters. The molecule has 0 heterocycles. The van der Waals surface area contributed by atoms with Crippen LogP contribution in [0.15, 0.2) is 30.3 Å². The lowest BCUT2D eigenvalue weighted by molar-refractivity contribution is -0.121. The van der Waals surface area contributed by atoms with Gasteiger partial charge in [0.05, 0.1) is 6.54 Å². The van der Waals surface area contributed by atoms with E-state index >= 15 is 0 Å². The molecular formula is C15H25NO2. The zero-order valence-electron chi connectivity index (χ0n) is 11.9. The maximum absolute atomic E-state index is 5.30. The van der Waals surface area contributed by atoms with Crippen LogP contribution in [0.2, 0.25) is 0 Å². The fraction of sp³-hybridized carbons (Fsp3) is 0.600. The van der Waals surface area contributed by atoms with Gasteiger partial charge in [0.25, 0.3) is 0 Å². The lowest BCUT2D eigenvalue weighted by Crippen LogP contribution is -2.39. The second-order valence-electron chi connectivity index (χ2n) is 4.57. The molecule has 0 bridgehead atoms. The fourth-order valence-corrected chi connectivity index (χ4v) is 1.91.